The van der Waals surface area contributed by atoms with Gasteiger partial charge in [-0.15, -0.1) is 0 Å². The van der Waals surface area contributed by atoms with Crippen LogP contribution in [-0.2, 0) is 19.4 Å². The van der Waals surface area contributed by atoms with Gasteiger partial charge >= 0.3 is 11.8 Å². The summed E-state index contributed by atoms with van der Waals surface area (Å²) < 4.78 is 28.8. The van der Waals surface area contributed by atoms with Crippen molar-refractivity contribution in [2.45, 2.75) is 12.5 Å². The first-order valence-corrected chi connectivity index (χ1v) is 10.6. The van der Waals surface area contributed by atoms with Crippen molar-refractivity contribution in [2.75, 3.05) is 51.1 Å². The highest BCUT2D eigenvalue weighted by atomic mass is 35.5. The van der Waals surface area contributed by atoms with Crippen molar-refractivity contribution in [1.29, 1.82) is 0 Å². The van der Waals surface area contributed by atoms with Gasteiger partial charge in [0.05, 0.1) is 24.3 Å². The Kier molecular flexibility index (Phi) is 7.07. The highest BCUT2D eigenvalue weighted by Gasteiger charge is 2.36. The van der Waals surface area contributed by atoms with E-state index in [0.717, 1.165) is 0 Å². The SMILES string of the molecule is COc1ccc(Cl)cc1NC(=O)C(=O)N(CCN(C)C)C1CCS(=O)(=O)C1. The van der Waals surface area contributed by atoms with Gasteiger partial charge in [-0.25, -0.2) is 8.42 Å². The number of likely N-dealkylation sites (N-methyl/N-ethyl adjacent to an activating group) is 1. The van der Waals surface area contributed by atoms with Gasteiger partial charge in [-0.1, -0.05) is 11.6 Å². The van der Waals surface area contributed by atoms with Gasteiger partial charge in [0.25, 0.3) is 0 Å². The fraction of sp³-hybridized carbons (Fsp3) is 0.529. The second kappa shape index (κ2) is 8.90. The minimum atomic E-state index is -3.19. The number of hydrogen-bond acceptors (Lipinski definition) is 6. The van der Waals surface area contributed by atoms with Crippen LogP contribution in [0.5, 0.6) is 5.75 Å². The molecule has 0 bridgehead atoms. The summed E-state index contributed by atoms with van der Waals surface area (Å²) in [6.45, 7) is 0.766. The molecule has 1 atom stereocenters. The number of halogens is 1. The van der Waals surface area contributed by atoms with Crippen LogP contribution >= 0.6 is 11.6 Å². The van der Waals surface area contributed by atoms with E-state index in [0.29, 0.717) is 23.7 Å². The summed E-state index contributed by atoms with van der Waals surface area (Å²) in [6, 6.07) is 4.16. The molecule has 1 aromatic rings. The summed E-state index contributed by atoms with van der Waals surface area (Å²) in [5, 5.41) is 2.89. The van der Waals surface area contributed by atoms with Gasteiger partial charge in [-0.2, -0.15) is 0 Å². The van der Waals surface area contributed by atoms with Crippen LogP contribution in [0.2, 0.25) is 5.02 Å². The number of nitrogens with one attached hydrogen (secondary N) is 1. The van der Waals surface area contributed by atoms with Crippen LogP contribution in [0, 0.1) is 0 Å². The molecule has 1 aliphatic rings. The number of carbonyl (C=O) groups is 2. The van der Waals surface area contributed by atoms with Crippen molar-refractivity contribution >= 4 is 38.9 Å². The fourth-order valence-electron chi connectivity index (χ4n) is 2.86. The second-order valence-corrected chi connectivity index (χ2v) is 9.32. The Labute approximate surface area is 164 Å². The smallest absolute Gasteiger partial charge is 0.314 e. The first-order chi connectivity index (χ1) is 12.6. The molecule has 1 aromatic carbocycles. The van der Waals surface area contributed by atoms with Crippen molar-refractivity contribution in [3.63, 3.8) is 0 Å². The number of rotatable bonds is 6. The van der Waals surface area contributed by atoms with E-state index in [1.165, 1.54) is 18.1 Å². The molecule has 2 rings (SSSR count). The van der Waals surface area contributed by atoms with Gasteiger partial charge in [0.15, 0.2) is 9.84 Å². The van der Waals surface area contributed by atoms with Crippen molar-refractivity contribution in [1.82, 2.24) is 9.80 Å². The minimum absolute atomic E-state index is 0.0210. The second-order valence-electron chi connectivity index (χ2n) is 6.66. The van der Waals surface area contributed by atoms with Crippen molar-refractivity contribution < 1.29 is 22.7 Å². The molecule has 0 aromatic heterocycles. The predicted molar refractivity (Wildman–Crippen MR) is 104 cm³/mol. The molecule has 0 saturated carbocycles. The lowest BCUT2D eigenvalue weighted by Gasteiger charge is -2.29. The molecule has 0 spiro atoms. The molecular weight excluding hydrogens is 394 g/mol. The summed E-state index contributed by atoms with van der Waals surface area (Å²) in [6.07, 6.45) is 0.329. The number of benzene rings is 1. The monoisotopic (exact) mass is 417 g/mol. The third-order valence-electron chi connectivity index (χ3n) is 4.30. The van der Waals surface area contributed by atoms with Crippen LogP contribution < -0.4 is 10.1 Å². The Morgan fingerprint density at radius 3 is 2.56 bits per heavy atom. The molecular formula is C17H24ClN3O5S. The maximum absolute atomic E-state index is 12.8. The van der Waals surface area contributed by atoms with E-state index in [1.54, 1.807) is 12.1 Å². The first-order valence-electron chi connectivity index (χ1n) is 8.43. The van der Waals surface area contributed by atoms with Crippen LogP contribution in [-0.4, -0.2) is 81.9 Å². The zero-order valence-electron chi connectivity index (χ0n) is 15.6. The molecule has 1 fully saturated rings. The number of carbonyl (C=O) groups excluding carboxylic acids is 2. The zero-order valence-corrected chi connectivity index (χ0v) is 17.1. The van der Waals surface area contributed by atoms with Crippen molar-refractivity contribution in [3.05, 3.63) is 23.2 Å². The highest BCUT2D eigenvalue weighted by molar-refractivity contribution is 7.91. The van der Waals surface area contributed by atoms with Crippen LogP contribution in [0.3, 0.4) is 0 Å². The number of sulfone groups is 1. The number of nitrogens with zero attached hydrogens (tertiary/aromatic N) is 2. The Balaban J connectivity index is 2.18. The topological polar surface area (TPSA) is 96.0 Å². The number of methoxy groups -OCH3 is 1. The van der Waals surface area contributed by atoms with E-state index in [-0.39, 0.29) is 23.7 Å². The average Bonchev–Trinajstić information content (AvgIpc) is 2.94. The lowest BCUT2D eigenvalue weighted by molar-refractivity contribution is -0.144. The summed E-state index contributed by atoms with van der Waals surface area (Å²) in [4.78, 5) is 28.5. The number of ether oxygens (including phenoxy) is 1. The number of hydrogen-bond donors (Lipinski definition) is 1. The first kappa shape index (κ1) is 21.5. The molecule has 0 aliphatic carbocycles. The van der Waals surface area contributed by atoms with E-state index in [4.69, 9.17) is 16.3 Å². The summed E-state index contributed by atoms with van der Waals surface area (Å²) >= 11 is 5.94. The molecule has 1 heterocycles. The lowest BCUT2D eigenvalue weighted by Crippen LogP contribution is -2.48. The van der Waals surface area contributed by atoms with Gasteiger partial charge in [-0.05, 0) is 38.7 Å². The Morgan fingerprint density at radius 1 is 1.30 bits per heavy atom. The maximum atomic E-state index is 12.8. The van der Waals surface area contributed by atoms with Crippen LogP contribution in [0.4, 0.5) is 5.69 Å². The van der Waals surface area contributed by atoms with E-state index in [9.17, 15) is 18.0 Å². The van der Waals surface area contributed by atoms with E-state index >= 15 is 0 Å². The third-order valence-corrected chi connectivity index (χ3v) is 6.29. The van der Waals surface area contributed by atoms with Gasteiger partial charge in [-0.3, -0.25) is 9.59 Å². The van der Waals surface area contributed by atoms with Gasteiger partial charge in [0, 0.05) is 24.2 Å². The normalized spacial score (nSPS) is 18.3. The largest absolute Gasteiger partial charge is 0.495 e. The molecule has 2 amide bonds. The standard InChI is InChI=1S/C17H24ClN3O5S/c1-20(2)7-8-21(13-6-9-27(24,25)11-13)17(23)16(22)19-14-10-12(18)4-5-15(14)26-3/h4-5,10,13H,6-9,11H2,1-3H3,(H,19,22). The summed E-state index contributed by atoms with van der Waals surface area (Å²) in [7, 11) is 1.92. The average molecular weight is 418 g/mol. The quantitative estimate of drug-likeness (QED) is 0.690. The molecule has 1 aliphatic heterocycles. The fourth-order valence-corrected chi connectivity index (χ4v) is 4.77. The van der Waals surface area contributed by atoms with Gasteiger partial charge < -0.3 is 19.9 Å². The molecule has 8 nitrogen and oxygen atoms in total. The Bertz CT molecular complexity index is 813. The lowest BCUT2D eigenvalue weighted by atomic mass is 10.2. The molecule has 1 saturated heterocycles. The zero-order chi connectivity index (χ0) is 20.2. The van der Waals surface area contributed by atoms with Crippen molar-refractivity contribution in [2.24, 2.45) is 0 Å². The highest BCUT2D eigenvalue weighted by Crippen LogP contribution is 2.28. The van der Waals surface area contributed by atoms with E-state index in [2.05, 4.69) is 5.32 Å². The Morgan fingerprint density at radius 2 is 2.00 bits per heavy atom. The van der Waals surface area contributed by atoms with Crippen LogP contribution in [0.25, 0.3) is 0 Å². The molecule has 0 radical (unpaired) electrons. The van der Waals surface area contributed by atoms with Gasteiger partial charge in [0.1, 0.15) is 5.75 Å². The minimum Gasteiger partial charge on any atom is -0.495 e. The Hall–Kier alpha value is -1.84. The maximum Gasteiger partial charge on any atom is 0.314 e. The van der Waals surface area contributed by atoms with Crippen LogP contribution in [0.15, 0.2) is 18.2 Å². The predicted octanol–water partition coefficient (Wildman–Crippen LogP) is 0.864. The van der Waals surface area contributed by atoms with E-state index in [1.807, 2.05) is 19.0 Å². The molecule has 27 heavy (non-hydrogen) atoms. The number of anilines is 1. The summed E-state index contributed by atoms with van der Waals surface area (Å²) in [5.41, 5.74) is 0.273. The molecule has 1 N–H and O–H groups in total. The third kappa shape index (κ3) is 5.82. The number of amides is 2. The van der Waals surface area contributed by atoms with Crippen molar-refractivity contribution in [3.8, 4) is 5.75 Å². The summed E-state index contributed by atoms with van der Waals surface area (Å²) in [5.74, 6) is -1.38. The molecule has 1 unspecified atom stereocenters. The van der Waals surface area contributed by atoms with Crippen LogP contribution in [0.1, 0.15) is 6.42 Å². The molecule has 10 heteroatoms. The van der Waals surface area contributed by atoms with Gasteiger partial charge in [0.2, 0.25) is 0 Å². The molecule has 150 valence electrons. The van der Waals surface area contributed by atoms with E-state index < -0.39 is 27.7 Å².